The first-order valence-electron chi connectivity index (χ1n) is 8.07. The molecule has 0 radical (unpaired) electrons. The first kappa shape index (κ1) is 16.5. The van der Waals surface area contributed by atoms with Gasteiger partial charge in [-0.05, 0) is 43.7 Å². The Morgan fingerprint density at radius 2 is 1.91 bits per heavy atom. The number of anilines is 1. The molecular weight excluding hydrogens is 280 g/mol. The van der Waals surface area contributed by atoms with Crippen LogP contribution in [0.3, 0.4) is 0 Å². The largest absolute Gasteiger partial charge is 0.396 e. The fourth-order valence-corrected chi connectivity index (χ4v) is 2.77. The summed E-state index contributed by atoms with van der Waals surface area (Å²) in [7, 11) is 0. The molecule has 0 spiro atoms. The van der Waals surface area contributed by atoms with Crippen LogP contribution in [0.2, 0.25) is 0 Å². The molecule has 122 valence electrons. The summed E-state index contributed by atoms with van der Waals surface area (Å²) in [5.74, 6) is 0.677. The van der Waals surface area contributed by atoms with E-state index in [1.807, 2.05) is 12.4 Å². The summed E-state index contributed by atoms with van der Waals surface area (Å²) in [5, 5.41) is 14.3. The topological polar surface area (TPSA) is 77.5 Å². The van der Waals surface area contributed by atoms with Crippen molar-refractivity contribution < 1.29 is 9.90 Å². The Morgan fingerprint density at radius 3 is 2.59 bits per heavy atom. The molecule has 6 nitrogen and oxygen atoms in total. The maximum Gasteiger partial charge on any atom is 0.314 e. The molecule has 1 aliphatic rings. The van der Waals surface area contributed by atoms with E-state index in [-0.39, 0.29) is 12.6 Å². The van der Waals surface area contributed by atoms with Crippen molar-refractivity contribution in [3.05, 3.63) is 24.5 Å². The Bertz CT molecular complexity index is 433. The number of rotatable bonds is 7. The summed E-state index contributed by atoms with van der Waals surface area (Å²) in [4.78, 5) is 17.9. The number of pyridine rings is 1. The SMILES string of the molecule is O=C(NCCCO)NCCC1CCN(c2ccncc2)CC1. The van der Waals surface area contributed by atoms with E-state index in [9.17, 15) is 4.79 Å². The smallest absolute Gasteiger partial charge is 0.314 e. The van der Waals surface area contributed by atoms with Crippen molar-refractivity contribution in [1.82, 2.24) is 15.6 Å². The van der Waals surface area contributed by atoms with Gasteiger partial charge in [-0.1, -0.05) is 0 Å². The third-order valence-electron chi connectivity index (χ3n) is 4.10. The molecule has 0 aliphatic carbocycles. The van der Waals surface area contributed by atoms with E-state index >= 15 is 0 Å². The number of carbonyl (C=O) groups is 1. The van der Waals surface area contributed by atoms with Gasteiger partial charge in [0.15, 0.2) is 0 Å². The standard InChI is InChI=1S/C16H26N4O2/c21-13-1-7-18-16(22)19-10-2-14-5-11-20(12-6-14)15-3-8-17-9-4-15/h3-4,8-9,14,21H,1-2,5-7,10-13H2,(H2,18,19,22). The minimum Gasteiger partial charge on any atom is -0.396 e. The molecule has 0 saturated carbocycles. The molecule has 1 fully saturated rings. The molecule has 6 heteroatoms. The maximum atomic E-state index is 11.5. The predicted molar refractivity (Wildman–Crippen MR) is 86.9 cm³/mol. The molecule has 0 bridgehead atoms. The van der Waals surface area contributed by atoms with E-state index in [1.165, 1.54) is 5.69 Å². The van der Waals surface area contributed by atoms with Gasteiger partial charge in [0.05, 0.1) is 0 Å². The Hall–Kier alpha value is -1.82. The van der Waals surface area contributed by atoms with Crippen molar-refractivity contribution in [2.45, 2.75) is 25.7 Å². The highest BCUT2D eigenvalue weighted by Crippen LogP contribution is 2.24. The highest BCUT2D eigenvalue weighted by atomic mass is 16.3. The number of nitrogens with zero attached hydrogens (tertiary/aromatic N) is 2. The predicted octanol–water partition coefficient (Wildman–Crippen LogP) is 1.37. The Morgan fingerprint density at radius 1 is 1.23 bits per heavy atom. The summed E-state index contributed by atoms with van der Waals surface area (Å²) in [6.07, 6.45) is 7.62. The number of piperidine rings is 1. The van der Waals surface area contributed by atoms with Crippen molar-refractivity contribution in [3.63, 3.8) is 0 Å². The van der Waals surface area contributed by atoms with Gasteiger partial charge in [0.2, 0.25) is 0 Å². The minimum absolute atomic E-state index is 0.107. The van der Waals surface area contributed by atoms with Crippen molar-refractivity contribution in [1.29, 1.82) is 0 Å². The minimum atomic E-state index is -0.136. The second-order valence-corrected chi connectivity index (χ2v) is 5.68. The van der Waals surface area contributed by atoms with Crippen LogP contribution in [0.25, 0.3) is 0 Å². The lowest BCUT2D eigenvalue weighted by Gasteiger charge is -2.33. The van der Waals surface area contributed by atoms with Crippen LogP contribution < -0.4 is 15.5 Å². The zero-order chi connectivity index (χ0) is 15.6. The summed E-state index contributed by atoms with van der Waals surface area (Å²) >= 11 is 0. The van der Waals surface area contributed by atoms with Crippen LogP contribution in [-0.4, -0.2) is 48.9 Å². The quantitative estimate of drug-likeness (QED) is 0.665. The maximum absolute atomic E-state index is 11.5. The highest BCUT2D eigenvalue weighted by Gasteiger charge is 2.19. The number of nitrogens with one attached hydrogen (secondary N) is 2. The van der Waals surface area contributed by atoms with Gasteiger partial charge in [-0.2, -0.15) is 0 Å². The number of hydrogen-bond donors (Lipinski definition) is 3. The van der Waals surface area contributed by atoms with Crippen molar-refractivity contribution in [2.75, 3.05) is 37.7 Å². The summed E-state index contributed by atoms with van der Waals surface area (Å²) in [6.45, 7) is 3.47. The molecule has 3 N–H and O–H groups in total. The van der Waals surface area contributed by atoms with Crippen molar-refractivity contribution in [2.24, 2.45) is 5.92 Å². The van der Waals surface area contributed by atoms with E-state index < -0.39 is 0 Å². The molecule has 0 aromatic carbocycles. The second-order valence-electron chi connectivity index (χ2n) is 5.68. The first-order chi connectivity index (χ1) is 10.8. The Balaban J connectivity index is 1.59. The average molecular weight is 306 g/mol. The van der Waals surface area contributed by atoms with Gasteiger partial charge in [0.25, 0.3) is 0 Å². The summed E-state index contributed by atoms with van der Waals surface area (Å²) in [5.41, 5.74) is 1.25. The number of aliphatic hydroxyl groups is 1. The van der Waals surface area contributed by atoms with Gasteiger partial charge in [-0.3, -0.25) is 4.98 Å². The molecule has 1 aliphatic heterocycles. The lowest BCUT2D eigenvalue weighted by Crippen LogP contribution is -2.38. The molecule has 0 atom stereocenters. The molecular formula is C16H26N4O2. The molecule has 2 rings (SSSR count). The number of aliphatic hydroxyl groups excluding tert-OH is 1. The monoisotopic (exact) mass is 306 g/mol. The first-order valence-corrected chi connectivity index (χ1v) is 8.07. The number of carbonyl (C=O) groups excluding carboxylic acids is 1. The lowest BCUT2D eigenvalue weighted by molar-refractivity contribution is 0.236. The molecule has 2 amide bonds. The van der Waals surface area contributed by atoms with E-state index in [0.29, 0.717) is 25.4 Å². The molecule has 22 heavy (non-hydrogen) atoms. The Kier molecular flexibility index (Phi) is 6.96. The number of aromatic nitrogens is 1. The van der Waals surface area contributed by atoms with Crippen LogP contribution >= 0.6 is 0 Å². The molecule has 2 heterocycles. The van der Waals surface area contributed by atoms with Crippen molar-refractivity contribution >= 4 is 11.7 Å². The van der Waals surface area contributed by atoms with E-state index in [4.69, 9.17) is 5.11 Å². The fraction of sp³-hybridized carbons (Fsp3) is 0.625. The summed E-state index contributed by atoms with van der Waals surface area (Å²) in [6, 6.07) is 3.97. The molecule has 0 unspecified atom stereocenters. The number of urea groups is 1. The van der Waals surface area contributed by atoms with Crippen LogP contribution in [0.15, 0.2) is 24.5 Å². The van der Waals surface area contributed by atoms with Gasteiger partial charge >= 0.3 is 6.03 Å². The molecule has 1 aromatic rings. The van der Waals surface area contributed by atoms with Gasteiger partial charge in [0, 0.05) is 50.9 Å². The Labute approximate surface area is 131 Å². The number of amides is 2. The normalized spacial score (nSPS) is 15.6. The fourth-order valence-electron chi connectivity index (χ4n) is 2.77. The van der Waals surface area contributed by atoms with Gasteiger partial charge < -0.3 is 20.6 Å². The average Bonchev–Trinajstić information content (AvgIpc) is 2.57. The third-order valence-corrected chi connectivity index (χ3v) is 4.10. The molecule has 1 saturated heterocycles. The van der Waals surface area contributed by atoms with E-state index in [1.54, 1.807) is 0 Å². The zero-order valence-corrected chi connectivity index (χ0v) is 13.0. The van der Waals surface area contributed by atoms with Gasteiger partial charge in [-0.15, -0.1) is 0 Å². The summed E-state index contributed by atoms with van der Waals surface area (Å²) < 4.78 is 0. The highest BCUT2D eigenvalue weighted by molar-refractivity contribution is 5.73. The van der Waals surface area contributed by atoms with Crippen molar-refractivity contribution in [3.8, 4) is 0 Å². The van der Waals surface area contributed by atoms with Crippen LogP contribution in [0.1, 0.15) is 25.7 Å². The van der Waals surface area contributed by atoms with Crippen LogP contribution in [-0.2, 0) is 0 Å². The number of hydrogen-bond acceptors (Lipinski definition) is 4. The lowest BCUT2D eigenvalue weighted by atomic mass is 9.93. The van der Waals surface area contributed by atoms with Gasteiger partial charge in [0.1, 0.15) is 0 Å². The van der Waals surface area contributed by atoms with Crippen LogP contribution in [0.5, 0.6) is 0 Å². The zero-order valence-electron chi connectivity index (χ0n) is 13.0. The third kappa shape index (κ3) is 5.52. The second kappa shape index (κ2) is 9.25. The molecule has 1 aromatic heterocycles. The van der Waals surface area contributed by atoms with E-state index in [2.05, 4.69) is 32.7 Å². The van der Waals surface area contributed by atoms with Crippen LogP contribution in [0.4, 0.5) is 10.5 Å². The van der Waals surface area contributed by atoms with Gasteiger partial charge in [-0.25, -0.2) is 4.79 Å². The van der Waals surface area contributed by atoms with Crippen LogP contribution in [0, 0.1) is 5.92 Å². The van der Waals surface area contributed by atoms with E-state index in [0.717, 1.165) is 32.4 Å².